The number of ether oxygens (including phenoxy) is 1. The number of amides is 2. The quantitative estimate of drug-likeness (QED) is 0.446. The summed E-state index contributed by atoms with van der Waals surface area (Å²) in [6.45, 7) is 5.67. The third kappa shape index (κ3) is 5.74. The Labute approximate surface area is 217 Å². The minimum atomic E-state index is -0.321. The van der Waals surface area contributed by atoms with Crippen molar-refractivity contribution in [2.45, 2.75) is 13.3 Å². The van der Waals surface area contributed by atoms with E-state index in [0.717, 1.165) is 49.7 Å². The van der Waals surface area contributed by atoms with Crippen molar-refractivity contribution < 1.29 is 14.3 Å². The highest BCUT2D eigenvalue weighted by Crippen LogP contribution is 2.31. The van der Waals surface area contributed by atoms with Crippen LogP contribution in [0.15, 0.2) is 66.7 Å². The average Bonchev–Trinajstić information content (AvgIpc) is 2.92. The second-order valence-corrected chi connectivity index (χ2v) is 8.97. The minimum Gasteiger partial charge on any atom is -0.495 e. The summed E-state index contributed by atoms with van der Waals surface area (Å²) in [6.07, 6.45) is 0.835. The first kappa shape index (κ1) is 25.4. The van der Waals surface area contributed by atoms with E-state index in [-0.39, 0.29) is 11.8 Å². The summed E-state index contributed by atoms with van der Waals surface area (Å²) in [6, 6.07) is 20.4. The molecular formula is C28H31ClN4O3. The number of benzene rings is 3. The number of piperazine rings is 1. The van der Waals surface area contributed by atoms with Crippen LogP contribution in [0.1, 0.15) is 34.1 Å². The standard InChI is InChI=1S/C28H31ClN4O3/c1-3-14-30-27(34)22-19-20(31-28(35)21-8-4-5-9-23(21)29)12-13-24(22)32-15-17-33(18-16-32)25-10-6-7-11-26(25)36-2/h4-13,19H,3,14-18H2,1-2H3,(H,30,34)(H,31,35). The number of nitrogens with zero attached hydrogens (tertiary/aromatic N) is 2. The van der Waals surface area contributed by atoms with Gasteiger partial charge in [-0.2, -0.15) is 0 Å². The fourth-order valence-corrected chi connectivity index (χ4v) is 4.55. The van der Waals surface area contributed by atoms with Gasteiger partial charge in [0.2, 0.25) is 0 Å². The molecule has 1 aliphatic rings. The van der Waals surface area contributed by atoms with Crippen molar-refractivity contribution in [2.75, 3.05) is 55.0 Å². The number of rotatable bonds is 8. The Morgan fingerprint density at radius 2 is 1.53 bits per heavy atom. The van der Waals surface area contributed by atoms with Crippen LogP contribution in [-0.4, -0.2) is 51.6 Å². The van der Waals surface area contributed by atoms with E-state index >= 15 is 0 Å². The van der Waals surface area contributed by atoms with Gasteiger partial charge in [-0.3, -0.25) is 9.59 Å². The number of hydrogen-bond donors (Lipinski definition) is 2. The van der Waals surface area contributed by atoms with Crippen molar-refractivity contribution in [1.29, 1.82) is 0 Å². The highest BCUT2D eigenvalue weighted by molar-refractivity contribution is 6.34. The fraction of sp³-hybridized carbons (Fsp3) is 0.286. The summed E-state index contributed by atoms with van der Waals surface area (Å²) in [5, 5.41) is 6.23. The van der Waals surface area contributed by atoms with Gasteiger partial charge >= 0.3 is 0 Å². The predicted octanol–water partition coefficient (Wildman–Crippen LogP) is 5.07. The molecule has 0 unspecified atom stereocenters. The van der Waals surface area contributed by atoms with Crippen LogP contribution in [0.25, 0.3) is 0 Å². The van der Waals surface area contributed by atoms with Gasteiger partial charge in [0.15, 0.2) is 0 Å². The molecule has 0 saturated carbocycles. The predicted molar refractivity (Wildman–Crippen MR) is 146 cm³/mol. The van der Waals surface area contributed by atoms with Crippen molar-refractivity contribution in [2.24, 2.45) is 0 Å². The van der Waals surface area contributed by atoms with E-state index in [1.54, 1.807) is 37.4 Å². The maximum Gasteiger partial charge on any atom is 0.257 e. The van der Waals surface area contributed by atoms with Crippen LogP contribution in [-0.2, 0) is 0 Å². The minimum absolute atomic E-state index is 0.159. The molecule has 1 fully saturated rings. The number of para-hydroxylation sites is 2. The largest absolute Gasteiger partial charge is 0.495 e. The number of anilines is 3. The van der Waals surface area contributed by atoms with Gasteiger partial charge in [-0.25, -0.2) is 0 Å². The molecule has 0 aromatic heterocycles. The highest BCUT2D eigenvalue weighted by Gasteiger charge is 2.24. The van der Waals surface area contributed by atoms with E-state index in [2.05, 4.69) is 26.5 Å². The van der Waals surface area contributed by atoms with Crippen molar-refractivity contribution in [3.63, 3.8) is 0 Å². The lowest BCUT2D eigenvalue weighted by molar-refractivity contribution is 0.0952. The summed E-state index contributed by atoms with van der Waals surface area (Å²) in [5.41, 5.74) is 3.37. The molecule has 3 aromatic carbocycles. The summed E-state index contributed by atoms with van der Waals surface area (Å²) < 4.78 is 5.53. The van der Waals surface area contributed by atoms with Crippen LogP contribution in [0.5, 0.6) is 5.75 Å². The van der Waals surface area contributed by atoms with Crippen molar-refractivity contribution >= 4 is 40.5 Å². The molecule has 2 amide bonds. The molecule has 0 bridgehead atoms. The lowest BCUT2D eigenvalue weighted by Gasteiger charge is -2.38. The van der Waals surface area contributed by atoms with Crippen LogP contribution in [0.2, 0.25) is 5.02 Å². The number of halogens is 1. The zero-order valence-corrected chi connectivity index (χ0v) is 21.3. The molecule has 0 atom stereocenters. The number of hydrogen-bond acceptors (Lipinski definition) is 5. The SMILES string of the molecule is CCCNC(=O)c1cc(NC(=O)c2ccccc2Cl)ccc1N1CCN(c2ccccc2OC)CC1. The van der Waals surface area contributed by atoms with E-state index in [1.165, 1.54) is 0 Å². The lowest BCUT2D eigenvalue weighted by Crippen LogP contribution is -2.47. The first-order valence-electron chi connectivity index (χ1n) is 12.1. The van der Waals surface area contributed by atoms with Gasteiger partial charge in [0.25, 0.3) is 11.8 Å². The third-order valence-electron chi connectivity index (χ3n) is 6.20. The van der Waals surface area contributed by atoms with Gasteiger partial charge in [0, 0.05) is 44.1 Å². The van der Waals surface area contributed by atoms with Gasteiger partial charge in [0.1, 0.15) is 5.75 Å². The first-order valence-corrected chi connectivity index (χ1v) is 12.5. The Morgan fingerprint density at radius 1 is 0.861 bits per heavy atom. The first-order chi connectivity index (χ1) is 17.5. The Balaban J connectivity index is 1.54. The van der Waals surface area contributed by atoms with Crippen molar-refractivity contribution in [3.8, 4) is 5.75 Å². The Bertz CT molecular complexity index is 1220. The molecule has 0 aliphatic carbocycles. The molecular weight excluding hydrogens is 476 g/mol. The Hall–Kier alpha value is -3.71. The van der Waals surface area contributed by atoms with Crippen LogP contribution in [0.3, 0.4) is 0 Å². The molecule has 1 saturated heterocycles. The van der Waals surface area contributed by atoms with Gasteiger partial charge in [-0.05, 0) is 48.9 Å². The summed E-state index contributed by atoms with van der Waals surface area (Å²) >= 11 is 6.18. The second-order valence-electron chi connectivity index (χ2n) is 8.57. The smallest absolute Gasteiger partial charge is 0.257 e. The van der Waals surface area contributed by atoms with Crippen molar-refractivity contribution in [3.05, 3.63) is 82.9 Å². The summed E-state index contributed by atoms with van der Waals surface area (Å²) in [7, 11) is 1.68. The van der Waals surface area contributed by atoms with Crippen LogP contribution in [0.4, 0.5) is 17.1 Å². The maximum atomic E-state index is 13.1. The average molecular weight is 507 g/mol. The molecule has 4 rings (SSSR count). The molecule has 1 heterocycles. The molecule has 0 spiro atoms. The van der Waals surface area contributed by atoms with Gasteiger partial charge in [-0.1, -0.05) is 42.8 Å². The van der Waals surface area contributed by atoms with Crippen LogP contribution in [0, 0.1) is 0 Å². The monoisotopic (exact) mass is 506 g/mol. The van der Waals surface area contributed by atoms with Gasteiger partial charge in [0.05, 0.1) is 28.9 Å². The van der Waals surface area contributed by atoms with Gasteiger partial charge < -0.3 is 25.2 Å². The summed E-state index contributed by atoms with van der Waals surface area (Å²) in [5.74, 6) is 0.371. The zero-order chi connectivity index (χ0) is 25.5. The topological polar surface area (TPSA) is 73.9 Å². The van der Waals surface area contributed by atoms with E-state index in [4.69, 9.17) is 16.3 Å². The molecule has 2 N–H and O–H groups in total. The van der Waals surface area contributed by atoms with E-state index < -0.39 is 0 Å². The Morgan fingerprint density at radius 3 is 2.22 bits per heavy atom. The van der Waals surface area contributed by atoms with Crippen molar-refractivity contribution in [1.82, 2.24) is 5.32 Å². The van der Waals surface area contributed by atoms with Crippen LogP contribution >= 0.6 is 11.6 Å². The van der Waals surface area contributed by atoms with E-state index in [9.17, 15) is 9.59 Å². The van der Waals surface area contributed by atoms with Gasteiger partial charge in [-0.15, -0.1) is 0 Å². The van der Waals surface area contributed by atoms with Crippen LogP contribution < -0.4 is 25.2 Å². The summed E-state index contributed by atoms with van der Waals surface area (Å²) in [4.78, 5) is 30.4. The molecule has 7 nitrogen and oxygen atoms in total. The second kappa shape index (κ2) is 11.8. The lowest BCUT2D eigenvalue weighted by atomic mass is 10.1. The number of carbonyl (C=O) groups is 2. The Kier molecular flexibility index (Phi) is 8.33. The normalized spacial score (nSPS) is 13.3. The molecule has 188 valence electrons. The van der Waals surface area contributed by atoms with E-state index in [0.29, 0.717) is 28.4 Å². The molecule has 36 heavy (non-hydrogen) atoms. The fourth-order valence-electron chi connectivity index (χ4n) is 4.33. The molecule has 1 aliphatic heterocycles. The maximum absolute atomic E-state index is 13.1. The number of methoxy groups -OCH3 is 1. The van der Waals surface area contributed by atoms with E-state index in [1.807, 2.05) is 37.3 Å². The third-order valence-corrected chi connectivity index (χ3v) is 6.53. The highest BCUT2D eigenvalue weighted by atomic mass is 35.5. The number of carbonyl (C=O) groups excluding carboxylic acids is 2. The molecule has 8 heteroatoms. The molecule has 0 radical (unpaired) electrons. The number of nitrogens with one attached hydrogen (secondary N) is 2. The molecule has 3 aromatic rings. The zero-order valence-electron chi connectivity index (χ0n) is 20.6.